The summed E-state index contributed by atoms with van der Waals surface area (Å²) >= 11 is 0. The van der Waals surface area contributed by atoms with Crippen LogP contribution in [0.15, 0.2) is 53.3 Å². The summed E-state index contributed by atoms with van der Waals surface area (Å²) < 4.78 is 13.2. The molecule has 0 saturated carbocycles. The monoisotopic (exact) mass is 377 g/mol. The summed E-state index contributed by atoms with van der Waals surface area (Å²) in [4.78, 5) is 19.5. The minimum atomic E-state index is -0.0426. The first-order valence-electron chi connectivity index (χ1n) is 9.70. The molecule has 1 saturated heterocycles. The van der Waals surface area contributed by atoms with Gasteiger partial charge in [0.2, 0.25) is 5.91 Å². The van der Waals surface area contributed by atoms with Crippen molar-refractivity contribution >= 4 is 5.91 Å². The second-order valence-corrected chi connectivity index (χ2v) is 7.67. The number of carbonyl (C=O) groups is 1. The van der Waals surface area contributed by atoms with Gasteiger partial charge in [-0.3, -0.25) is 4.79 Å². The summed E-state index contributed by atoms with van der Waals surface area (Å²) in [6.07, 6.45) is 5.86. The van der Waals surface area contributed by atoms with Crippen molar-refractivity contribution in [2.24, 2.45) is 0 Å². The molecule has 28 heavy (non-hydrogen) atoms. The van der Waals surface area contributed by atoms with Crippen LogP contribution in [0.25, 0.3) is 11.3 Å². The van der Waals surface area contributed by atoms with Crippen LogP contribution in [0.5, 0.6) is 5.75 Å². The van der Waals surface area contributed by atoms with E-state index < -0.39 is 0 Å². The second kappa shape index (κ2) is 6.55. The summed E-state index contributed by atoms with van der Waals surface area (Å²) in [5.74, 6) is 2.80. The van der Waals surface area contributed by atoms with Crippen molar-refractivity contribution < 1.29 is 13.9 Å². The molecule has 1 atom stereocenters. The predicted molar refractivity (Wildman–Crippen MR) is 104 cm³/mol. The Hall–Kier alpha value is -3.02. The van der Waals surface area contributed by atoms with Crippen molar-refractivity contribution in [1.29, 1.82) is 0 Å². The number of para-hydroxylation sites is 1. The molecule has 144 valence electrons. The van der Waals surface area contributed by atoms with Gasteiger partial charge in [-0.25, -0.2) is 4.98 Å². The average Bonchev–Trinajstić information content (AvgIpc) is 3.49. The molecule has 1 amide bonds. The fraction of sp³-hybridized carbons (Fsp3) is 0.364. The zero-order valence-electron chi connectivity index (χ0n) is 15.9. The third-order valence-electron chi connectivity index (χ3n) is 6.14. The maximum absolute atomic E-state index is 12.7. The summed E-state index contributed by atoms with van der Waals surface area (Å²) in [6.45, 7) is 2.42. The number of benzene rings is 1. The normalized spacial score (nSPS) is 20.7. The van der Waals surface area contributed by atoms with E-state index in [1.807, 2.05) is 41.4 Å². The average molecular weight is 377 g/mol. The number of rotatable bonds is 4. The van der Waals surface area contributed by atoms with E-state index in [2.05, 4.69) is 10.6 Å². The van der Waals surface area contributed by atoms with Crippen LogP contribution in [0, 0.1) is 0 Å². The van der Waals surface area contributed by atoms with Gasteiger partial charge in [0.1, 0.15) is 17.3 Å². The Labute approximate surface area is 163 Å². The van der Waals surface area contributed by atoms with Crippen LogP contribution in [-0.4, -0.2) is 40.6 Å². The SMILES string of the molecule is COc1ccccc1-c1cnc2n1CCC21CCN(C(=O)Cc2ccco2)C1. The maximum atomic E-state index is 12.7. The largest absolute Gasteiger partial charge is 0.496 e. The molecule has 2 aromatic heterocycles. The van der Waals surface area contributed by atoms with Gasteiger partial charge in [0.15, 0.2) is 0 Å². The lowest BCUT2D eigenvalue weighted by atomic mass is 9.85. The van der Waals surface area contributed by atoms with Gasteiger partial charge >= 0.3 is 0 Å². The number of nitrogens with zero attached hydrogens (tertiary/aromatic N) is 3. The smallest absolute Gasteiger partial charge is 0.230 e. The fourth-order valence-corrected chi connectivity index (χ4v) is 4.68. The summed E-state index contributed by atoms with van der Waals surface area (Å²) in [7, 11) is 1.70. The Morgan fingerprint density at radius 1 is 1.21 bits per heavy atom. The molecule has 1 unspecified atom stereocenters. The zero-order chi connectivity index (χ0) is 19.1. The topological polar surface area (TPSA) is 60.5 Å². The van der Waals surface area contributed by atoms with Crippen LogP contribution in [0.2, 0.25) is 0 Å². The molecule has 0 radical (unpaired) electrons. The number of hydrogen-bond acceptors (Lipinski definition) is 4. The van der Waals surface area contributed by atoms with E-state index in [0.717, 1.165) is 61.1 Å². The highest BCUT2D eigenvalue weighted by Gasteiger charge is 2.47. The number of hydrogen-bond donors (Lipinski definition) is 0. The molecule has 5 rings (SSSR count). The van der Waals surface area contributed by atoms with E-state index >= 15 is 0 Å². The van der Waals surface area contributed by atoms with Crippen molar-refractivity contribution in [3.05, 3.63) is 60.4 Å². The van der Waals surface area contributed by atoms with E-state index in [0.29, 0.717) is 6.42 Å². The Balaban J connectivity index is 1.40. The summed E-state index contributed by atoms with van der Waals surface area (Å²) in [5, 5.41) is 0. The van der Waals surface area contributed by atoms with Gasteiger partial charge in [-0.1, -0.05) is 12.1 Å². The van der Waals surface area contributed by atoms with Gasteiger partial charge in [-0.2, -0.15) is 0 Å². The number of fused-ring (bicyclic) bond motifs is 2. The molecule has 0 bridgehead atoms. The van der Waals surface area contributed by atoms with Crippen LogP contribution >= 0.6 is 0 Å². The predicted octanol–water partition coefficient (Wildman–Crippen LogP) is 3.27. The highest BCUT2D eigenvalue weighted by Crippen LogP contribution is 2.45. The molecule has 0 N–H and O–H groups in total. The molecule has 2 aliphatic rings. The minimum absolute atomic E-state index is 0.0426. The van der Waals surface area contributed by atoms with E-state index in [1.165, 1.54) is 0 Å². The number of amides is 1. The highest BCUT2D eigenvalue weighted by molar-refractivity contribution is 5.78. The number of furan rings is 1. The number of methoxy groups -OCH3 is 1. The second-order valence-electron chi connectivity index (χ2n) is 7.67. The lowest BCUT2D eigenvalue weighted by Gasteiger charge is -2.22. The van der Waals surface area contributed by atoms with Gasteiger partial charge in [0, 0.05) is 30.6 Å². The molecule has 6 nitrogen and oxygen atoms in total. The highest BCUT2D eigenvalue weighted by atomic mass is 16.5. The molecule has 1 spiro atoms. The molecular weight excluding hydrogens is 354 g/mol. The Bertz CT molecular complexity index is 1010. The summed E-state index contributed by atoms with van der Waals surface area (Å²) in [6, 6.07) is 11.7. The van der Waals surface area contributed by atoms with Crippen molar-refractivity contribution in [3.63, 3.8) is 0 Å². The fourth-order valence-electron chi connectivity index (χ4n) is 4.68. The molecule has 1 aromatic carbocycles. The van der Waals surface area contributed by atoms with Crippen LogP contribution in [0.1, 0.15) is 24.4 Å². The number of imidazole rings is 1. The number of likely N-dealkylation sites (tertiary alicyclic amines) is 1. The minimum Gasteiger partial charge on any atom is -0.496 e. The quantitative estimate of drug-likeness (QED) is 0.700. The first-order valence-corrected chi connectivity index (χ1v) is 9.70. The van der Waals surface area contributed by atoms with Crippen LogP contribution in [0.4, 0.5) is 0 Å². The van der Waals surface area contributed by atoms with Crippen molar-refractivity contribution in [1.82, 2.24) is 14.5 Å². The van der Waals surface area contributed by atoms with Gasteiger partial charge in [-0.15, -0.1) is 0 Å². The zero-order valence-corrected chi connectivity index (χ0v) is 15.9. The van der Waals surface area contributed by atoms with Crippen molar-refractivity contribution in [2.45, 2.75) is 31.2 Å². The Morgan fingerprint density at radius 3 is 2.89 bits per heavy atom. The molecule has 3 aromatic rings. The van der Waals surface area contributed by atoms with E-state index in [1.54, 1.807) is 13.4 Å². The third-order valence-corrected chi connectivity index (χ3v) is 6.14. The Morgan fingerprint density at radius 2 is 2.07 bits per heavy atom. The van der Waals surface area contributed by atoms with Crippen LogP contribution in [0.3, 0.4) is 0 Å². The van der Waals surface area contributed by atoms with Crippen LogP contribution < -0.4 is 4.74 Å². The number of aromatic nitrogens is 2. The molecule has 4 heterocycles. The Kier molecular flexibility index (Phi) is 4.00. The molecular formula is C22H23N3O3. The molecule has 2 aliphatic heterocycles. The standard InChI is InChI=1S/C22H23N3O3/c1-27-19-7-3-2-6-17(19)18-14-23-21-22(9-11-25(18)21)8-10-24(15-22)20(26)13-16-5-4-12-28-16/h2-7,12,14H,8-11,13,15H2,1H3. The van der Waals surface area contributed by atoms with E-state index in [4.69, 9.17) is 14.1 Å². The maximum Gasteiger partial charge on any atom is 0.230 e. The molecule has 0 aliphatic carbocycles. The van der Waals surface area contributed by atoms with E-state index in [-0.39, 0.29) is 11.3 Å². The van der Waals surface area contributed by atoms with Crippen molar-refractivity contribution in [2.75, 3.05) is 20.2 Å². The molecule has 1 fully saturated rings. The number of ether oxygens (including phenoxy) is 1. The van der Waals surface area contributed by atoms with Gasteiger partial charge in [0.25, 0.3) is 0 Å². The first kappa shape index (κ1) is 17.1. The lowest BCUT2D eigenvalue weighted by Crippen LogP contribution is -2.34. The van der Waals surface area contributed by atoms with Crippen LogP contribution in [-0.2, 0) is 23.2 Å². The van der Waals surface area contributed by atoms with E-state index in [9.17, 15) is 4.79 Å². The van der Waals surface area contributed by atoms with Gasteiger partial charge in [0.05, 0.1) is 31.7 Å². The van der Waals surface area contributed by atoms with Gasteiger partial charge < -0.3 is 18.6 Å². The first-order chi connectivity index (χ1) is 13.7. The van der Waals surface area contributed by atoms with Crippen molar-refractivity contribution in [3.8, 4) is 17.0 Å². The molecule has 6 heteroatoms. The van der Waals surface area contributed by atoms with Gasteiger partial charge in [-0.05, 0) is 37.1 Å². The summed E-state index contributed by atoms with van der Waals surface area (Å²) in [5.41, 5.74) is 2.10. The lowest BCUT2D eigenvalue weighted by molar-refractivity contribution is -0.129. The third kappa shape index (κ3) is 2.63. The number of carbonyl (C=O) groups excluding carboxylic acids is 1.